The topological polar surface area (TPSA) is 44.5 Å². The van der Waals surface area contributed by atoms with Crippen LogP contribution in [-0.4, -0.2) is 6.61 Å². The summed E-state index contributed by atoms with van der Waals surface area (Å²) >= 11 is 0. The zero-order valence-electron chi connectivity index (χ0n) is 10.6. The van der Waals surface area contributed by atoms with Gasteiger partial charge >= 0.3 is 0 Å². The van der Waals surface area contributed by atoms with Gasteiger partial charge in [0, 0.05) is 23.3 Å². The van der Waals surface area contributed by atoms with Crippen LogP contribution in [-0.2, 0) is 6.61 Å². The van der Waals surface area contributed by atoms with Gasteiger partial charge in [-0.1, -0.05) is 0 Å². The molecule has 1 heterocycles. The molecule has 0 aromatic heterocycles. The van der Waals surface area contributed by atoms with E-state index in [1.807, 2.05) is 6.07 Å². The summed E-state index contributed by atoms with van der Waals surface area (Å²) in [6.45, 7) is 0.475. The summed E-state index contributed by atoms with van der Waals surface area (Å²) in [4.78, 5) is 0. The van der Waals surface area contributed by atoms with Crippen molar-refractivity contribution in [3.05, 3.63) is 59.2 Å². The molecule has 2 aromatic carbocycles. The molecule has 1 aliphatic rings. The molecule has 0 amide bonds. The highest BCUT2D eigenvalue weighted by molar-refractivity contribution is 5.44. The number of nitrogens with two attached hydrogens (primary N) is 1. The Bertz CT molecular complexity index is 646. The molecule has 0 fully saturated rings. The third-order valence-electron chi connectivity index (χ3n) is 3.21. The van der Waals surface area contributed by atoms with E-state index in [4.69, 9.17) is 15.2 Å². The first-order valence-electron chi connectivity index (χ1n) is 6.22. The standard InChI is InChI=1S/C15H13F2NO2/c16-10-2-1-9(13(17)5-10)7-19-11-3-4-12-14(18)8-20-15(12)6-11/h1-6,14H,7-8,18H2. The molecule has 0 radical (unpaired) electrons. The molecule has 0 aliphatic carbocycles. The number of halogens is 2. The molecule has 3 rings (SSSR count). The van der Waals surface area contributed by atoms with Crippen LogP contribution in [0.3, 0.4) is 0 Å². The van der Waals surface area contributed by atoms with Crippen molar-refractivity contribution in [1.82, 2.24) is 0 Å². The fourth-order valence-corrected chi connectivity index (χ4v) is 2.10. The molecule has 1 aliphatic heterocycles. The van der Waals surface area contributed by atoms with Crippen molar-refractivity contribution in [3.63, 3.8) is 0 Å². The molecular weight excluding hydrogens is 264 g/mol. The molecule has 2 N–H and O–H groups in total. The molecule has 0 saturated heterocycles. The van der Waals surface area contributed by atoms with Gasteiger partial charge in [0.25, 0.3) is 0 Å². The molecule has 0 spiro atoms. The molecule has 0 saturated carbocycles. The average Bonchev–Trinajstić information content (AvgIpc) is 2.79. The van der Waals surface area contributed by atoms with E-state index in [0.717, 1.165) is 11.6 Å². The van der Waals surface area contributed by atoms with Crippen molar-refractivity contribution in [2.75, 3.05) is 6.61 Å². The maximum Gasteiger partial charge on any atom is 0.132 e. The molecule has 1 unspecified atom stereocenters. The average molecular weight is 277 g/mol. The number of hydrogen-bond donors (Lipinski definition) is 1. The van der Waals surface area contributed by atoms with Crippen molar-refractivity contribution >= 4 is 0 Å². The van der Waals surface area contributed by atoms with E-state index >= 15 is 0 Å². The summed E-state index contributed by atoms with van der Waals surface area (Å²) in [5.41, 5.74) is 7.08. The van der Waals surface area contributed by atoms with Crippen LogP contribution in [0.4, 0.5) is 8.78 Å². The summed E-state index contributed by atoms with van der Waals surface area (Å²) in [5, 5.41) is 0. The Hall–Kier alpha value is -2.14. The van der Waals surface area contributed by atoms with Crippen molar-refractivity contribution in [3.8, 4) is 11.5 Å². The Morgan fingerprint density at radius 1 is 1.20 bits per heavy atom. The lowest BCUT2D eigenvalue weighted by Crippen LogP contribution is -2.10. The van der Waals surface area contributed by atoms with Gasteiger partial charge in [0.05, 0.1) is 6.04 Å². The van der Waals surface area contributed by atoms with Gasteiger partial charge in [-0.15, -0.1) is 0 Å². The van der Waals surface area contributed by atoms with Gasteiger partial charge in [0.2, 0.25) is 0 Å². The number of hydrogen-bond acceptors (Lipinski definition) is 3. The van der Waals surface area contributed by atoms with Crippen LogP contribution in [0.1, 0.15) is 17.2 Å². The Balaban J connectivity index is 1.73. The number of rotatable bonds is 3. The molecule has 104 valence electrons. The summed E-state index contributed by atoms with van der Waals surface area (Å²) in [6.07, 6.45) is 0. The summed E-state index contributed by atoms with van der Waals surface area (Å²) in [7, 11) is 0. The van der Waals surface area contributed by atoms with Crippen LogP contribution < -0.4 is 15.2 Å². The van der Waals surface area contributed by atoms with Gasteiger partial charge in [-0.25, -0.2) is 8.78 Å². The fourth-order valence-electron chi connectivity index (χ4n) is 2.10. The third-order valence-corrected chi connectivity index (χ3v) is 3.21. The number of ether oxygens (including phenoxy) is 2. The monoisotopic (exact) mass is 277 g/mol. The smallest absolute Gasteiger partial charge is 0.132 e. The molecule has 3 nitrogen and oxygen atoms in total. The zero-order chi connectivity index (χ0) is 14.1. The van der Waals surface area contributed by atoms with Gasteiger partial charge in [-0.2, -0.15) is 0 Å². The Kier molecular flexibility index (Phi) is 3.28. The van der Waals surface area contributed by atoms with E-state index in [2.05, 4.69) is 0 Å². The number of fused-ring (bicyclic) bond motifs is 1. The first kappa shape index (κ1) is 12.9. The minimum atomic E-state index is -0.621. The second-order valence-corrected chi connectivity index (χ2v) is 4.64. The normalized spacial score (nSPS) is 16.6. The van der Waals surface area contributed by atoms with Gasteiger partial charge in [-0.3, -0.25) is 0 Å². The molecule has 2 aromatic rings. The van der Waals surface area contributed by atoms with Gasteiger partial charge in [0.1, 0.15) is 36.3 Å². The van der Waals surface area contributed by atoms with Gasteiger partial charge in [-0.05, 0) is 24.3 Å². The van der Waals surface area contributed by atoms with E-state index in [0.29, 0.717) is 23.7 Å². The summed E-state index contributed by atoms with van der Waals surface area (Å²) < 4.78 is 37.2. The Labute approximate surface area is 114 Å². The highest BCUT2D eigenvalue weighted by Crippen LogP contribution is 2.34. The second-order valence-electron chi connectivity index (χ2n) is 4.64. The predicted octanol–water partition coefficient (Wildman–Crippen LogP) is 2.94. The van der Waals surface area contributed by atoms with Crippen molar-refractivity contribution in [1.29, 1.82) is 0 Å². The van der Waals surface area contributed by atoms with E-state index < -0.39 is 11.6 Å². The van der Waals surface area contributed by atoms with E-state index in [9.17, 15) is 8.78 Å². The first-order valence-corrected chi connectivity index (χ1v) is 6.22. The second kappa shape index (κ2) is 5.09. The molecule has 20 heavy (non-hydrogen) atoms. The molecule has 5 heteroatoms. The highest BCUT2D eigenvalue weighted by atomic mass is 19.1. The lowest BCUT2D eigenvalue weighted by Gasteiger charge is -2.09. The zero-order valence-corrected chi connectivity index (χ0v) is 10.6. The maximum absolute atomic E-state index is 13.5. The highest BCUT2D eigenvalue weighted by Gasteiger charge is 2.20. The van der Waals surface area contributed by atoms with Gasteiger partial charge < -0.3 is 15.2 Å². The SMILES string of the molecule is NC1COc2cc(OCc3ccc(F)cc3F)ccc21. The predicted molar refractivity (Wildman–Crippen MR) is 69.6 cm³/mol. The minimum absolute atomic E-state index is 0.0248. The Morgan fingerprint density at radius 2 is 2.05 bits per heavy atom. The van der Waals surface area contributed by atoms with Crippen molar-refractivity contribution in [2.45, 2.75) is 12.6 Å². The van der Waals surface area contributed by atoms with Gasteiger partial charge in [0.15, 0.2) is 0 Å². The van der Waals surface area contributed by atoms with Crippen LogP contribution in [0.15, 0.2) is 36.4 Å². The largest absolute Gasteiger partial charge is 0.491 e. The van der Waals surface area contributed by atoms with Crippen LogP contribution in [0.25, 0.3) is 0 Å². The molecular formula is C15H13F2NO2. The molecule has 0 bridgehead atoms. The minimum Gasteiger partial charge on any atom is -0.491 e. The molecule has 1 atom stereocenters. The van der Waals surface area contributed by atoms with Crippen LogP contribution in [0.2, 0.25) is 0 Å². The maximum atomic E-state index is 13.5. The van der Waals surface area contributed by atoms with Crippen LogP contribution in [0.5, 0.6) is 11.5 Å². The summed E-state index contributed by atoms with van der Waals surface area (Å²) in [5.74, 6) is 0.0201. The quantitative estimate of drug-likeness (QED) is 0.938. The fraction of sp³-hybridized carbons (Fsp3) is 0.200. The summed E-state index contributed by atoms with van der Waals surface area (Å²) in [6, 6.07) is 8.61. The first-order chi connectivity index (χ1) is 9.63. The van der Waals surface area contributed by atoms with E-state index in [1.165, 1.54) is 12.1 Å². The van der Waals surface area contributed by atoms with Crippen LogP contribution in [0, 0.1) is 11.6 Å². The van der Waals surface area contributed by atoms with Crippen molar-refractivity contribution < 1.29 is 18.3 Å². The lowest BCUT2D eigenvalue weighted by atomic mass is 10.1. The third kappa shape index (κ3) is 2.44. The van der Waals surface area contributed by atoms with E-state index in [-0.39, 0.29) is 12.6 Å². The van der Waals surface area contributed by atoms with Crippen molar-refractivity contribution in [2.24, 2.45) is 5.73 Å². The number of benzene rings is 2. The van der Waals surface area contributed by atoms with E-state index in [1.54, 1.807) is 12.1 Å². The van der Waals surface area contributed by atoms with Crippen LogP contribution >= 0.6 is 0 Å². The lowest BCUT2D eigenvalue weighted by molar-refractivity contribution is 0.295. The Morgan fingerprint density at radius 3 is 2.85 bits per heavy atom.